The maximum absolute atomic E-state index is 9.59. The van der Waals surface area contributed by atoms with Crippen LogP contribution in [-0.4, -0.2) is 7.11 Å². The molecule has 0 aliphatic heterocycles. The first kappa shape index (κ1) is 15.7. The lowest BCUT2D eigenvalue weighted by Crippen LogP contribution is -2.09. The van der Waals surface area contributed by atoms with Crippen molar-refractivity contribution in [2.24, 2.45) is 5.92 Å². The lowest BCUT2D eigenvalue weighted by molar-refractivity contribution is 0.415. The first-order valence-electron chi connectivity index (χ1n) is 7.26. The molecule has 0 radical (unpaired) electrons. The smallest absolute Gasteiger partial charge is 0.119 e. The molecule has 0 fully saturated rings. The number of hydrogen-bond acceptors (Lipinski definition) is 3. The van der Waals surface area contributed by atoms with Crippen LogP contribution in [0.25, 0.3) is 5.57 Å². The zero-order valence-corrected chi connectivity index (χ0v) is 13.1. The molecule has 0 amide bonds. The van der Waals surface area contributed by atoms with E-state index in [4.69, 9.17) is 4.74 Å². The molecule has 0 aliphatic carbocycles. The number of allylic oxidation sites excluding steroid dienone is 2. The van der Waals surface area contributed by atoms with E-state index >= 15 is 0 Å². The van der Waals surface area contributed by atoms with Gasteiger partial charge in [-0.2, -0.15) is 5.26 Å². The second kappa shape index (κ2) is 7.33. The number of anilines is 1. The first-order chi connectivity index (χ1) is 10.7. The van der Waals surface area contributed by atoms with E-state index in [2.05, 4.69) is 25.2 Å². The number of ether oxygens (including phenoxy) is 1. The number of methoxy groups -OCH3 is 1. The highest BCUT2D eigenvalue weighted by molar-refractivity contribution is 5.81. The summed E-state index contributed by atoms with van der Waals surface area (Å²) in [6, 6.07) is 19.8. The molecule has 0 heterocycles. The summed E-state index contributed by atoms with van der Waals surface area (Å²) < 4.78 is 5.17. The summed E-state index contributed by atoms with van der Waals surface area (Å²) in [6.07, 6.45) is 0. The summed E-state index contributed by atoms with van der Waals surface area (Å²) >= 11 is 0. The van der Waals surface area contributed by atoms with Gasteiger partial charge in [0.25, 0.3) is 0 Å². The van der Waals surface area contributed by atoms with E-state index in [-0.39, 0.29) is 5.92 Å². The Kier molecular flexibility index (Phi) is 5.21. The number of benzene rings is 2. The highest BCUT2D eigenvalue weighted by Crippen LogP contribution is 2.26. The average Bonchev–Trinajstić information content (AvgIpc) is 2.56. The molecule has 0 aromatic heterocycles. The lowest BCUT2D eigenvalue weighted by Gasteiger charge is -2.17. The molecular formula is C19H20N2O. The molecule has 0 spiro atoms. The van der Waals surface area contributed by atoms with Crippen LogP contribution in [-0.2, 0) is 0 Å². The normalized spacial score (nSPS) is 11.6. The molecule has 0 aliphatic rings. The van der Waals surface area contributed by atoms with E-state index in [9.17, 15) is 5.26 Å². The number of nitrogens with one attached hydrogen (secondary N) is 1. The molecule has 22 heavy (non-hydrogen) atoms. The minimum atomic E-state index is 0.206. The number of hydrogen-bond donors (Lipinski definition) is 1. The van der Waals surface area contributed by atoms with Crippen molar-refractivity contribution in [2.75, 3.05) is 12.4 Å². The fraction of sp³-hybridized carbons (Fsp3) is 0.211. The Morgan fingerprint density at radius 2 is 1.68 bits per heavy atom. The van der Waals surface area contributed by atoms with E-state index in [1.54, 1.807) is 7.11 Å². The standard InChI is InChI=1S/C19H20N2O/c1-14(2)19(18(13-20)15-7-5-4-6-8-15)21-16-9-11-17(22-3)12-10-16/h4-12,14,21H,1-3H3/b19-18-. The fourth-order valence-corrected chi connectivity index (χ4v) is 2.21. The van der Waals surface area contributed by atoms with Gasteiger partial charge in [0.2, 0.25) is 0 Å². The summed E-state index contributed by atoms with van der Waals surface area (Å²) in [5, 5.41) is 13.0. The lowest BCUT2D eigenvalue weighted by atomic mass is 9.98. The van der Waals surface area contributed by atoms with Crippen LogP contribution in [0.4, 0.5) is 5.69 Å². The quantitative estimate of drug-likeness (QED) is 0.812. The molecule has 0 saturated carbocycles. The largest absolute Gasteiger partial charge is 0.497 e. The van der Waals surface area contributed by atoms with Gasteiger partial charge in [0.15, 0.2) is 0 Å². The van der Waals surface area contributed by atoms with Crippen LogP contribution in [0.3, 0.4) is 0 Å². The Morgan fingerprint density at radius 3 is 2.18 bits per heavy atom. The van der Waals surface area contributed by atoms with Crippen LogP contribution in [0.2, 0.25) is 0 Å². The summed E-state index contributed by atoms with van der Waals surface area (Å²) in [4.78, 5) is 0. The number of rotatable bonds is 5. The molecule has 112 valence electrons. The van der Waals surface area contributed by atoms with Crippen LogP contribution in [0.15, 0.2) is 60.3 Å². The monoisotopic (exact) mass is 292 g/mol. The van der Waals surface area contributed by atoms with Gasteiger partial charge in [-0.05, 0) is 35.7 Å². The molecular weight excluding hydrogens is 272 g/mol. The van der Waals surface area contributed by atoms with E-state index in [1.807, 2.05) is 54.6 Å². The highest BCUT2D eigenvalue weighted by Gasteiger charge is 2.13. The maximum Gasteiger partial charge on any atom is 0.119 e. The van der Waals surface area contributed by atoms with Gasteiger partial charge in [0.05, 0.1) is 12.7 Å². The summed E-state index contributed by atoms with van der Waals surface area (Å²) in [6.45, 7) is 4.15. The van der Waals surface area contributed by atoms with Crippen molar-refractivity contribution in [2.45, 2.75) is 13.8 Å². The van der Waals surface area contributed by atoms with E-state index < -0.39 is 0 Å². The van der Waals surface area contributed by atoms with Gasteiger partial charge in [0, 0.05) is 11.4 Å². The molecule has 2 aromatic carbocycles. The molecule has 3 heteroatoms. The molecule has 3 nitrogen and oxygen atoms in total. The zero-order valence-electron chi connectivity index (χ0n) is 13.1. The third-order valence-corrected chi connectivity index (χ3v) is 3.39. The topological polar surface area (TPSA) is 45.0 Å². The van der Waals surface area contributed by atoms with E-state index in [1.165, 1.54) is 0 Å². The SMILES string of the molecule is COc1ccc(N/C(=C(/C#N)c2ccccc2)C(C)C)cc1. The third kappa shape index (κ3) is 3.67. The number of nitrogens with zero attached hydrogens (tertiary/aromatic N) is 1. The van der Waals surface area contributed by atoms with Gasteiger partial charge in [0.1, 0.15) is 11.8 Å². The van der Waals surface area contributed by atoms with Crippen LogP contribution in [0.1, 0.15) is 19.4 Å². The molecule has 1 N–H and O–H groups in total. The van der Waals surface area contributed by atoms with Crippen molar-refractivity contribution >= 4 is 11.3 Å². The molecule has 0 saturated heterocycles. The predicted octanol–water partition coefficient (Wildman–Crippen LogP) is 4.70. The van der Waals surface area contributed by atoms with E-state index in [0.29, 0.717) is 5.57 Å². The van der Waals surface area contributed by atoms with Crippen LogP contribution >= 0.6 is 0 Å². The Balaban J connectivity index is 2.40. The highest BCUT2D eigenvalue weighted by atomic mass is 16.5. The minimum absolute atomic E-state index is 0.206. The first-order valence-corrected chi connectivity index (χ1v) is 7.26. The van der Waals surface area contributed by atoms with Crippen LogP contribution in [0, 0.1) is 17.2 Å². The summed E-state index contributed by atoms with van der Waals surface area (Å²) in [5.41, 5.74) is 3.45. The summed E-state index contributed by atoms with van der Waals surface area (Å²) in [5.74, 6) is 1.01. The third-order valence-electron chi connectivity index (χ3n) is 3.39. The van der Waals surface area contributed by atoms with Crippen molar-refractivity contribution in [3.05, 3.63) is 65.9 Å². The minimum Gasteiger partial charge on any atom is -0.497 e. The Morgan fingerprint density at radius 1 is 1.05 bits per heavy atom. The number of nitriles is 1. The van der Waals surface area contributed by atoms with Crippen molar-refractivity contribution in [1.82, 2.24) is 0 Å². The van der Waals surface area contributed by atoms with Crippen LogP contribution < -0.4 is 10.1 Å². The Hall–Kier alpha value is -2.73. The zero-order chi connectivity index (χ0) is 15.9. The van der Waals surface area contributed by atoms with E-state index in [0.717, 1.165) is 22.7 Å². The molecule has 2 rings (SSSR count). The van der Waals surface area contributed by atoms with Crippen molar-refractivity contribution in [1.29, 1.82) is 5.26 Å². The van der Waals surface area contributed by atoms with Gasteiger partial charge in [-0.15, -0.1) is 0 Å². The molecule has 0 atom stereocenters. The predicted molar refractivity (Wildman–Crippen MR) is 90.4 cm³/mol. The van der Waals surface area contributed by atoms with Gasteiger partial charge >= 0.3 is 0 Å². The Labute approximate surface area is 131 Å². The van der Waals surface area contributed by atoms with Crippen molar-refractivity contribution < 1.29 is 4.74 Å². The molecule has 2 aromatic rings. The van der Waals surface area contributed by atoms with Gasteiger partial charge < -0.3 is 10.1 Å². The fourth-order valence-electron chi connectivity index (χ4n) is 2.21. The van der Waals surface area contributed by atoms with Gasteiger partial charge in [-0.25, -0.2) is 0 Å². The summed E-state index contributed by atoms with van der Waals surface area (Å²) in [7, 11) is 1.64. The van der Waals surface area contributed by atoms with Gasteiger partial charge in [-0.1, -0.05) is 44.2 Å². The van der Waals surface area contributed by atoms with Crippen molar-refractivity contribution in [3.63, 3.8) is 0 Å². The second-order valence-corrected chi connectivity index (χ2v) is 5.27. The average molecular weight is 292 g/mol. The van der Waals surface area contributed by atoms with Crippen LogP contribution in [0.5, 0.6) is 5.75 Å². The molecule has 0 bridgehead atoms. The maximum atomic E-state index is 9.59. The van der Waals surface area contributed by atoms with Gasteiger partial charge in [-0.3, -0.25) is 0 Å². The van der Waals surface area contributed by atoms with Crippen molar-refractivity contribution in [3.8, 4) is 11.8 Å². The second-order valence-electron chi connectivity index (χ2n) is 5.27. The Bertz CT molecular complexity index is 680. The molecule has 0 unspecified atom stereocenters.